The van der Waals surface area contributed by atoms with Gasteiger partial charge in [0.2, 0.25) is 17.7 Å². The summed E-state index contributed by atoms with van der Waals surface area (Å²) in [5.41, 5.74) is -0.602. The second-order valence-corrected chi connectivity index (χ2v) is 12.4. The van der Waals surface area contributed by atoms with Gasteiger partial charge in [0.05, 0.1) is 24.5 Å². The largest absolute Gasteiger partial charge is 0.486 e. The zero-order chi connectivity index (χ0) is 28.1. The Morgan fingerprint density at radius 3 is 2.54 bits per heavy atom. The van der Waals surface area contributed by atoms with Gasteiger partial charge in [-0.25, -0.2) is 0 Å². The molecule has 2 N–H and O–H groups in total. The number of benzene rings is 2. The van der Waals surface area contributed by atoms with Crippen LogP contribution in [0.3, 0.4) is 0 Å². The van der Waals surface area contributed by atoms with E-state index in [0.717, 1.165) is 36.6 Å². The molecule has 41 heavy (non-hydrogen) atoms. The quantitative estimate of drug-likeness (QED) is 0.475. The number of carbonyl (C=O) groups excluding carboxylic acids is 3. The van der Waals surface area contributed by atoms with Crippen LogP contribution in [0.25, 0.3) is 0 Å². The molecule has 4 aliphatic heterocycles. The van der Waals surface area contributed by atoms with Gasteiger partial charge in [0.15, 0.2) is 17.6 Å². The molecule has 214 valence electrons. The molecule has 7 rings (SSSR count). The number of amides is 3. The topological polar surface area (TPSA) is 106 Å². The predicted octanol–water partition coefficient (Wildman–Crippen LogP) is 3.83. The number of likely N-dealkylation sites (tertiary alicyclic amines) is 1. The maximum atomic E-state index is 14.3. The number of rotatable bonds is 6. The van der Waals surface area contributed by atoms with Crippen molar-refractivity contribution >= 4 is 39.3 Å². The molecule has 4 heterocycles. The van der Waals surface area contributed by atoms with Crippen LogP contribution in [-0.2, 0) is 19.1 Å². The average Bonchev–Trinajstić information content (AvgIpc) is 3.62. The highest BCUT2D eigenvalue weighted by Gasteiger charge is 2.73. The summed E-state index contributed by atoms with van der Waals surface area (Å²) in [7, 11) is 0. The number of hydrogen-bond donors (Lipinski definition) is 2. The Bertz CT molecular complexity index is 1390. The molecule has 1 aliphatic carbocycles. The van der Waals surface area contributed by atoms with Gasteiger partial charge in [-0.3, -0.25) is 14.4 Å². The van der Waals surface area contributed by atoms with Crippen LogP contribution in [0.5, 0.6) is 11.5 Å². The van der Waals surface area contributed by atoms with Gasteiger partial charge in [-0.05, 0) is 49.2 Å². The zero-order valence-electron chi connectivity index (χ0n) is 22.5. The molecule has 1 saturated carbocycles. The lowest BCUT2D eigenvalue weighted by molar-refractivity contribution is -0.143. The zero-order valence-corrected chi connectivity index (χ0v) is 24.0. The van der Waals surface area contributed by atoms with Crippen molar-refractivity contribution in [2.24, 2.45) is 11.8 Å². The third-order valence-electron chi connectivity index (χ3n) is 8.96. The highest BCUT2D eigenvalue weighted by molar-refractivity contribution is 9.10. The lowest BCUT2D eigenvalue weighted by Gasteiger charge is -2.36. The van der Waals surface area contributed by atoms with Gasteiger partial charge in [-0.15, -0.1) is 0 Å². The second kappa shape index (κ2) is 10.5. The number of para-hydroxylation sites is 2. The Morgan fingerprint density at radius 1 is 1.00 bits per heavy atom. The van der Waals surface area contributed by atoms with Crippen LogP contribution in [0, 0.1) is 11.8 Å². The molecule has 2 aromatic carbocycles. The summed E-state index contributed by atoms with van der Waals surface area (Å²) in [6, 6.07) is 13.8. The Kier molecular flexibility index (Phi) is 6.78. The predicted molar refractivity (Wildman–Crippen MR) is 153 cm³/mol. The summed E-state index contributed by atoms with van der Waals surface area (Å²) >= 11 is 3.41. The molecule has 10 heteroatoms. The van der Waals surface area contributed by atoms with E-state index in [-0.39, 0.29) is 36.9 Å². The number of ether oxygens (including phenoxy) is 3. The van der Waals surface area contributed by atoms with Crippen LogP contribution in [0.1, 0.15) is 32.1 Å². The van der Waals surface area contributed by atoms with Crippen LogP contribution in [-0.4, -0.2) is 65.7 Å². The summed E-state index contributed by atoms with van der Waals surface area (Å²) in [6.45, 7) is 0.374. The van der Waals surface area contributed by atoms with E-state index >= 15 is 0 Å². The maximum absolute atomic E-state index is 14.3. The fraction of sp³-hybridized carbons (Fsp3) is 0.452. The average molecular weight is 623 g/mol. The number of anilines is 1. The van der Waals surface area contributed by atoms with Crippen molar-refractivity contribution in [3.63, 3.8) is 0 Å². The van der Waals surface area contributed by atoms with Gasteiger partial charge in [0, 0.05) is 16.2 Å². The Morgan fingerprint density at radius 2 is 1.76 bits per heavy atom. The Hall–Kier alpha value is -3.37. The first-order valence-corrected chi connectivity index (χ1v) is 15.2. The minimum absolute atomic E-state index is 0.0591. The minimum Gasteiger partial charge on any atom is -0.486 e. The first-order valence-electron chi connectivity index (χ1n) is 14.4. The molecule has 2 saturated heterocycles. The number of hydrogen-bond acceptors (Lipinski definition) is 6. The highest BCUT2D eigenvalue weighted by Crippen LogP contribution is 2.55. The first-order chi connectivity index (χ1) is 19.9. The van der Waals surface area contributed by atoms with Gasteiger partial charge in [-0.2, -0.15) is 0 Å². The molecular weight excluding hydrogens is 590 g/mol. The monoisotopic (exact) mass is 621 g/mol. The molecule has 0 unspecified atom stereocenters. The number of nitrogens with zero attached hydrogens (tertiary/aromatic N) is 1. The van der Waals surface area contributed by atoms with Gasteiger partial charge < -0.3 is 29.7 Å². The van der Waals surface area contributed by atoms with Crippen molar-refractivity contribution in [2.45, 2.75) is 62.0 Å². The molecule has 6 atom stereocenters. The normalized spacial score (nSPS) is 31.7. The lowest BCUT2D eigenvalue weighted by atomic mass is 9.74. The van der Waals surface area contributed by atoms with E-state index in [1.54, 1.807) is 17.0 Å². The van der Waals surface area contributed by atoms with Crippen LogP contribution in [0.2, 0.25) is 0 Å². The lowest BCUT2D eigenvalue weighted by Crippen LogP contribution is -2.58. The molecule has 1 spiro atoms. The van der Waals surface area contributed by atoms with Crippen molar-refractivity contribution in [3.8, 4) is 11.5 Å². The van der Waals surface area contributed by atoms with E-state index in [0.29, 0.717) is 17.2 Å². The van der Waals surface area contributed by atoms with Gasteiger partial charge in [0.25, 0.3) is 0 Å². The summed E-state index contributed by atoms with van der Waals surface area (Å²) < 4.78 is 19.5. The third kappa shape index (κ3) is 4.61. The Balaban J connectivity index is 1.18. The molecule has 2 aromatic rings. The van der Waals surface area contributed by atoms with Crippen LogP contribution < -0.4 is 20.1 Å². The molecular formula is C31H32BrN3O6. The SMILES string of the molecule is O=C(Nc1ccc(Br)cc1)[C@H]1[C@H]2C=C[C@@]3(O2)[C@H]1C(=O)N(C[C@H]1COc2ccccc2O1)[C@@H]3C(=O)NC1CCCCC1. The van der Waals surface area contributed by atoms with E-state index in [1.165, 1.54) is 0 Å². The summed E-state index contributed by atoms with van der Waals surface area (Å²) in [5, 5.41) is 6.17. The first kappa shape index (κ1) is 26.5. The summed E-state index contributed by atoms with van der Waals surface area (Å²) in [4.78, 5) is 43.5. The molecule has 2 bridgehead atoms. The summed E-state index contributed by atoms with van der Waals surface area (Å²) in [6.07, 6.45) is 7.71. The van der Waals surface area contributed by atoms with Crippen molar-refractivity contribution in [2.75, 3.05) is 18.5 Å². The standard InChI is InChI=1S/C31H32BrN3O6/c32-18-10-12-20(13-11-18)33-28(36)25-24-14-15-31(41-24)26(25)30(38)35(27(31)29(37)34-19-6-2-1-3-7-19)16-21-17-39-22-8-4-5-9-23(22)40-21/h4-5,8-15,19,21,24-27H,1-3,6-7,16-17H2,(H,33,36)(H,34,37)/t21-,24+,25-,26+,27+,31+/m0/s1. The third-order valence-corrected chi connectivity index (χ3v) is 9.48. The van der Waals surface area contributed by atoms with E-state index in [2.05, 4.69) is 26.6 Å². The van der Waals surface area contributed by atoms with Crippen molar-refractivity contribution in [1.29, 1.82) is 0 Å². The number of nitrogens with one attached hydrogen (secondary N) is 2. The molecule has 3 fully saturated rings. The molecule has 5 aliphatic rings. The molecule has 9 nitrogen and oxygen atoms in total. The smallest absolute Gasteiger partial charge is 0.246 e. The Labute approximate surface area is 246 Å². The van der Waals surface area contributed by atoms with Crippen molar-refractivity contribution in [1.82, 2.24) is 10.2 Å². The van der Waals surface area contributed by atoms with E-state index in [1.807, 2.05) is 48.6 Å². The fourth-order valence-electron chi connectivity index (χ4n) is 7.12. The van der Waals surface area contributed by atoms with Gasteiger partial charge >= 0.3 is 0 Å². The van der Waals surface area contributed by atoms with Crippen molar-refractivity contribution in [3.05, 3.63) is 65.2 Å². The van der Waals surface area contributed by atoms with Crippen LogP contribution in [0.15, 0.2) is 65.2 Å². The van der Waals surface area contributed by atoms with Crippen molar-refractivity contribution < 1.29 is 28.6 Å². The highest BCUT2D eigenvalue weighted by atomic mass is 79.9. The molecule has 3 amide bonds. The number of fused-ring (bicyclic) bond motifs is 2. The second-order valence-electron chi connectivity index (χ2n) is 11.5. The van der Waals surface area contributed by atoms with E-state index < -0.39 is 35.7 Å². The fourth-order valence-corrected chi connectivity index (χ4v) is 7.39. The van der Waals surface area contributed by atoms with Gasteiger partial charge in [0.1, 0.15) is 18.2 Å². The number of halogens is 1. The molecule has 0 aromatic heterocycles. The van der Waals surface area contributed by atoms with Crippen LogP contribution in [0.4, 0.5) is 5.69 Å². The minimum atomic E-state index is -1.23. The van der Waals surface area contributed by atoms with E-state index in [9.17, 15) is 14.4 Å². The van der Waals surface area contributed by atoms with Crippen LogP contribution >= 0.6 is 15.9 Å². The van der Waals surface area contributed by atoms with Gasteiger partial charge in [-0.1, -0.05) is 59.5 Å². The summed E-state index contributed by atoms with van der Waals surface area (Å²) in [5.74, 6) is -1.18. The number of carbonyl (C=O) groups is 3. The van der Waals surface area contributed by atoms with E-state index in [4.69, 9.17) is 14.2 Å². The maximum Gasteiger partial charge on any atom is 0.246 e. The molecule has 0 radical (unpaired) electrons.